The van der Waals surface area contributed by atoms with Gasteiger partial charge in [-0.3, -0.25) is 14.7 Å². The third-order valence-corrected chi connectivity index (χ3v) is 3.62. The molecule has 112 valence electrons. The molecule has 0 radical (unpaired) electrons. The number of rotatable bonds is 6. The summed E-state index contributed by atoms with van der Waals surface area (Å²) < 4.78 is 0.645. The van der Waals surface area contributed by atoms with Crippen LogP contribution in [0.3, 0.4) is 0 Å². The van der Waals surface area contributed by atoms with Crippen molar-refractivity contribution in [3.8, 4) is 0 Å². The monoisotopic (exact) mass is 344 g/mol. The number of hydrogen-bond donors (Lipinski definition) is 3. The highest BCUT2D eigenvalue weighted by Gasteiger charge is 2.22. The van der Waals surface area contributed by atoms with Crippen LogP contribution in [0.15, 0.2) is 4.47 Å². The first-order valence-corrected chi connectivity index (χ1v) is 7.50. The van der Waals surface area contributed by atoms with Gasteiger partial charge in [0.2, 0.25) is 5.91 Å². The molecule has 2 amide bonds. The van der Waals surface area contributed by atoms with Crippen molar-refractivity contribution in [3.63, 3.8) is 0 Å². The molecular formula is C13H21BrN4O2. The predicted molar refractivity (Wildman–Crippen MR) is 80.6 cm³/mol. The molecule has 0 aliphatic heterocycles. The lowest BCUT2D eigenvalue weighted by atomic mass is 10.1. The maximum Gasteiger partial charge on any atom is 0.273 e. The van der Waals surface area contributed by atoms with E-state index in [0.29, 0.717) is 11.0 Å². The van der Waals surface area contributed by atoms with Crippen molar-refractivity contribution in [1.29, 1.82) is 0 Å². The van der Waals surface area contributed by atoms with E-state index >= 15 is 0 Å². The Bertz CT molecular complexity index is 485. The lowest BCUT2D eigenvalue weighted by Gasteiger charge is -2.13. The summed E-state index contributed by atoms with van der Waals surface area (Å²) in [7, 11) is 0. The summed E-state index contributed by atoms with van der Waals surface area (Å²) >= 11 is 3.37. The molecule has 1 heterocycles. The van der Waals surface area contributed by atoms with Crippen LogP contribution in [-0.4, -0.2) is 34.6 Å². The molecule has 1 unspecified atom stereocenters. The largest absolute Gasteiger partial charge is 0.354 e. The van der Waals surface area contributed by atoms with Gasteiger partial charge in [0.25, 0.3) is 5.91 Å². The van der Waals surface area contributed by atoms with Crippen molar-refractivity contribution in [2.75, 3.05) is 6.54 Å². The van der Waals surface area contributed by atoms with Crippen molar-refractivity contribution in [2.24, 2.45) is 0 Å². The highest BCUT2D eigenvalue weighted by molar-refractivity contribution is 9.10. The summed E-state index contributed by atoms with van der Waals surface area (Å²) in [4.78, 5) is 23.8. The summed E-state index contributed by atoms with van der Waals surface area (Å²) in [5, 5.41) is 12.2. The molecule has 0 fully saturated rings. The van der Waals surface area contributed by atoms with Crippen molar-refractivity contribution < 1.29 is 9.59 Å². The topological polar surface area (TPSA) is 86.9 Å². The molecular weight excluding hydrogens is 324 g/mol. The third kappa shape index (κ3) is 4.06. The van der Waals surface area contributed by atoms with Gasteiger partial charge in [-0.2, -0.15) is 5.10 Å². The van der Waals surface area contributed by atoms with Crippen molar-refractivity contribution in [3.05, 3.63) is 15.9 Å². The first-order valence-electron chi connectivity index (χ1n) is 6.70. The molecule has 0 saturated carbocycles. The van der Waals surface area contributed by atoms with E-state index in [0.717, 1.165) is 12.1 Å². The predicted octanol–water partition coefficient (Wildman–Crippen LogP) is 1.94. The van der Waals surface area contributed by atoms with E-state index < -0.39 is 6.04 Å². The normalized spacial score (nSPS) is 12.3. The Morgan fingerprint density at radius 2 is 2.00 bits per heavy atom. The smallest absolute Gasteiger partial charge is 0.273 e. The molecule has 6 nitrogen and oxygen atoms in total. The zero-order valence-corrected chi connectivity index (χ0v) is 13.8. The molecule has 0 aromatic carbocycles. The second kappa shape index (κ2) is 7.42. The maximum absolute atomic E-state index is 12.1. The van der Waals surface area contributed by atoms with E-state index in [4.69, 9.17) is 0 Å². The zero-order chi connectivity index (χ0) is 15.3. The van der Waals surface area contributed by atoms with Gasteiger partial charge in [-0.15, -0.1) is 0 Å². The molecule has 1 aromatic rings. The standard InChI is InChI=1S/C13H21BrN4O2/c1-5-6-15-12(19)8(4)16-13(20)11-9(14)10(7(2)3)17-18-11/h7-8H,5-6H2,1-4H3,(H,15,19)(H,16,20)(H,17,18). The number of halogens is 1. The average molecular weight is 345 g/mol. The molecule has 0 aliphatic rings. The fourth-order valence-electron chi connectivity index (χ4n) is 1.61. The van der Waals surface area contributed by atoms with Gasteiger partial charge in [0.15, 0.2) is 5.69 Å². The maximum atomic E-state index is 12.1. The quantitative estimate of drug-likeness (QED) is 0.736. The van der Waals surface area contributed by atoms with Crippen molar-refractivity contribution in [1.82, 2.24) is 20.8 Å². The Kier molecular flexibility index (Phi) is 6.19. The lowest BCUT2D eigenvalue weighted by Crippen LogP contribution is -2.45. The number of hydrogen-bond acceptors (Lipinski definition) is 3. The molecule has 1 aromatic heterocycles. The number of aromatic amines is 1. The summed E-state index contributed by atoms with van der Waals surface area (Å²) in [5.41, 5.74) is 1.13. The summed E-state index contributed by atoms with van der Waals surface area (Å²) in [6.07, 6.45) is 0.856. The van der Waals surface area contributed by atoms with Gasteiger partial charge in [-0.25, -0.2) is 0 Å². The molecule has 1 atom stereocenters. The number of nitrogens with one attached hydrogen (secondary N) is 3. The van der Waals surface area contributed by atoms with Gasteiger partial charge in [-0.05, 0) is 35.2 Å². The van der Waals surface area contributed by atoms with Gasteiger partial charge in [-0.1, -0.05) is 20.8 Å². The highest BCUT2D eigenvalue weighted by Crippen LogP contribution is 2.25. The first kappa shape index (κ1) is 16.7. The second-order valence-electron chi connectivity index (χ2n) is 4.94. The van der Waals surface area contributed by atoms with E-state index in [1.165, 1.54) is 0 Å². The average Bonchev–Trinajstić information content (AvgIpc) is 2.77. The number of nitrogens with zero attached hydrogens (tertiary/aromatic N) is 1. The van der Waals surface area contributed by atoms with Crippen LogP contribution in [-0.2, 0) is 4.79 Å². The second-order valence-corrected chi connectivity index (χ2v) is 5.73. The molecule has 0 bridgehead atoms. The Labute approximate surface area is 127 Å². The lowest BCUT2D eigenvalue weighted by molar-refractivity contribution is -0.122. The fraction of sp³-hybridized carbons (Fsp3) is 0.615. The SMILES string of the molecule is CCCNC(=O)C(C)NC(=O)c1n[nH]c(C(C)C)c1Br. The number of aromatic nitrogens is 2. The molecule has 0 aliphatic carbocycles. The van der Waals surface area contributed by atoms with E-state index in [-0.39, 0.29) is 23.4 Å². The molecule has 3 N–H and O–H groups in total. The van der Waals surface area contributed by atoms with Crippen LogP contribution in [0, 0.1) is 0 Å². The molecule has 0 spiro atoms. The van der Waals surface area contributed by atoms with Gasteiger partial charge in [0, 0.05) is 6.54 Å². The fourth-order valence-corrected chi connectivity index (χ4v) is 2.42. The van der Waals surface area contributed by atoms with Crippen LogP contribution >= 0.6 is 15.9 Å². The molecule has 7 heteroatoms. The first-order chi connectivity index (χ1) is 9.38. The van der Waals surface area contributed by atoms with Crippen LogP contribution in [0.4, 0.5) is 0 Å². The minimum Gasteiger partial charge on any atom is -0.354 e. The molecule has 0 saturated heterocycles. The molecule has 1 rings (SSSR count). The number of carbonyl (C=O) groups is 2. The highest BCUT2D eigenvalue weighted by atomic mass is 79.9. The number of carbonyl (C=O) groups excluding carboxylic acids is 2. The van der Waals surface area contributed by atoms with Crippen LogP contribution in [0.1, 0.15) is 56.2 Å². The van der Waals surface area contributed by atoms with E-state index in [1.54, 1.807) is 6.92 Å². The van der Waals surface area contributed by atoms with Gasteiger partial charge in [0.1, 0.15) is 6.04 Å². The van der Waals surface area contributed by atoms with Crippen LogP contribution in [0.5, 0.6) is 0 Å². The Balaban J connectivity index is 2.69. The number of amides is 2. The Morgan fingerprint density at radius 1 is 1.35 bits per heavy atom. The summed E-state index contributed by atoms with van der Waals surface area (Å²) in [5.74, 6) is -0.348. The van der Waals surface area contributed by atoms with E-state index in [1.807, 2.05) is 20.8 Å². The number of H-pyrrole nitrogens is 1. The zero-order valence-electron chi connectivity index (χ0n) is 12.2. The Hall–Kier alpha value is -1.37. The third-order valence-electron chi connectivity index (χ3n) is 2.82. The molecule has 20 heavy (non-hydrogen) atoms. The summed E-state index contributed by atoms with van der Waals surface area (Å²) in [6, 6.07) is -0.597. The van der Waals surface area contributed by atoms with Crippen LogP contribution < -0.4 is 10.6 Å². The van der Waals surface area contributed by atoms with Gasteiger partial charge in [0.05, 0.1) is 10.2 Å². The van der Waals surface area contributed by atoms with Gasteiger partial charge < -0.3 is 10.6 Å². The van der Waals surface area contributed by atoms with E-state index in [2.05, 4.69) is 36.8 Å². The summed E-state index contributed by atoms with van der Waals surface area (Å²) in [6.45, 7) is 8.22. The van der Waals surface area contributed by atoms with E-state index in [9.17, 15) is 9.59 Å². The minimum atomic E-state index is -0.597. The van der Waals surface area contributed by atoms with Crippen LogP contribution in [0.25, 0.3) is 0 Å². The van der Waals surface area contributed by atoms with Gasteiger partial charge >= 0.3 is 0 Å². The van der Waals surface area contributed by atoms with Crippen molar-refractivity contribution >= 4 is 27.7 Å². The minimum absolute atomic E-state index is 0.198. The Morgan fingerprint density at radius 3 is 2.50 bits per heavy atom. The van der Waals surface area contributed by atoms with Crippen LogP contribution in [0.2, 0.25) is 0 Å². The van der Waals surface area contributed by atoms with Crippen molar-refractivity contribution in [2.45, 2.75) is 46.1 Å².